The highest BCUT2D eigenvalue weighted by atomic mass is 32.1. The number of aryl methyl sites for hydroxylation is 2. The summed E-state index contributed by atoms with van der Waals surface area (Å²) < 4.78 is 5.38. The van der Waals surface area contributed by atoms with E-state index in [1.54, 1.807) is 18.3 Å². The topological polar surface area (TPSA) is 68.3 Å². The molecule has 1 aromatic carbocycles. The minimum absolute atomic E-state index is 0.241. The first-order chi connectivity index (χ1) is 16.5. The molecule has 0 aliphatic heterocycles. The Hall–Kier alpha value is -3.03. The van der Waals surface area contributed by atoms with Crippen molar-refractivity contribution >= 4 is 50.5 Å². The standard InChI is InChI=1S/C27H26N2O3S2/c1-3-32-27(31)24-18-10-5-4-6-12-22(18)34-26(24)29-25(30)19-15-21(23-14-13-16(2)33-23)28-20-11-8-7-9-17(19)20/h7-9,11,13-15H,3-6,10,12H2,1-2H3,(H,29,30). The van der Waals surface area contributed by atoms with E-state index >= 15 is 0 Å². The first-order valence-corrected chi connectivity index (χ1v) is 13.3. The highest BCUT2D eigenvalue weighted by Gasteiger charge is 2.27. The van der Waals surface area contributed by atoms with Crippen LogP contribution < -0.4 is 5.32 Å². The predicted molar refractivity (Wildman–Crippen MR) is 139 cm³/mol. The molecule has 0 atom stereocenters. The number of fused-ring (bicyclic) bond motifs is 2. The number of benzene rings is 1. The van der Waals surface area contributed by atoms with Gasteiger partial charge in [-0.15, -0.1) is 22.7 Å². The fourth-order valence-corrected chi connectivity index (χ4v) is 6.58. The number of ether oxygens (including phenoxy) is 1. The summed E-state index contributed by atoms with van der Waals surface area (Å²) in [6.07, 6.45) is 5.07. The van der Waals surface area contributed by atoms with Gasteiger partial charge in [0.25, 0.3) is 5.91 Å². The fourth-order valence-electron chi connectivity index (χ4n) is 4.48. The van der Waals surface area contributed by atoms with Gasteiger partial charge in [0.1, 0.15) is 5.00 Å². The number of para-hydroxylation sites is 1. The minimum Gasteiger partial charge on any atom is -0.462 e. The predicted octanol–water partition coefficient (Wildman–Crippen LogP) is 7.03. The second-order valence-electron chi connectivity index (χ2n) is 8.43. The summed E-state index contributed by atoms with van der Waals surface area (Å²) in [7, 11) is 0. The molecular weight excluding hydrogens is 464 g/mol. The Kier molecular flexibility index (Phi) is 6.48. The van der Waals surface area contributed by atoms with E-state index in [2.05, 4.69) is 18.3 Å². The number of amides is 1. The van der Waals surface area contributed by atoms with E-state index in [9.17, 15) is 9.59 Å². The quantitative estimate of drug-likeness (QED) is 0.241. The highest BCUT2D eigenvalue weighted by molar-refractivity contribution is 7.17. The van der Waals surface area contributed by atoms with E-state index in [4.69, 9.17) is 9.72 Å². The number of thiophene rings is 2. The maximum atomic E-state index is 13.6. The Morgan fingerprint density at radius 1 is 1.06 bits per heavy atom. The summed E-state index contributed by atoms with van der Waals surface area (Å²) in [6, 6.07) is 13.6. The Labute approximate surface area is 206 Å². The van der Waals surface area contributed by atoms with Crippen molar-refractivity contribution in [2.24, 2.45) is 0 Å². The van der Waals surface area contributed by atoms with Crippen LogP contribution in [0.1, 0.15) is 62.2 Å². The number of carbonyl (C=O) groups is 2. The number of rotatable bonds is 5. The van der Waals surface area contributed by atoms with Crippen LogP contribution in [0.2, 0.25) is 0 Å². The molecule has 1 N–H and O–H groups in total. The molecule has 0 bridgehead atoms. The Balaban J connectivity index is 1.57. The zero-order chi connectivity index (χ0) is 23.7. The van der Waals surface area contributed by atoms with Gasteiger partial charge in [-0.25, -0.2) is 9.78 Å². The molecule has 174 valence electrons. The largest absolute Gasteiger partial charge is 0.462 e. The SMILES string of the molecule is CCOC(=O)c1c(NC(=O)c2cc(-c3ccc(C)s3)nc3ccccc23)sc2c1CCCCC2. The zero-order valence-electron chi connectivity index (χ0n) is 19.3. The third kappa shape index (κ3) is 4.38. The number of nitrogens with one attached hydrogen (secondary N) is 1. The molecule has 0 radical (unpaired) electrons. The van der Waals surface area contributed by atoms with Crippen LogP contribution in [-0.2, 0) is 17.6 Å². The molecule has 0 saturated carbocycles. The molecule has 0 saturated heterocycles. The first-order valence-electron chi connectivity index (χ1n) is 11.6. The van der Waals surface area contributed by atoms with Gasteiger partial charge in [0.15, 0.2) is 0 Å². The van der Waals surface area contributed by atoms with Crippen molar-refractivity contribution in [1.82, 2.24) is 4.98 Å². The van der Waals surface area contributed by atoms with Crippen LogP contribution >= 0.6 is 22.7 Å². The lowest BCUT2D eigenvalue weighted by Crippen LogP contribution is -2.16. The maximum Gasteiger partial charge on any atom is 0.341 e. The molecule has 0 spiro atoms. The van der Waals surface area contributed by atoms with Gasteiger partial charge >= 0.3 is 5.97 Å². The molecule has 0 unspecified atom stereocenters. The molecule has 4 aromatic rings. The molecule has 1 amide bonds. The van der Waals surface area contributed by atoms with Crippen LogP contribution in [0.15, 0.2) is 42.5 Å². The second kappa shape index (κ2) is 9.68. The van der Waals surface area contributed by atoms with Crippen LogP contribution in [-0.4, -0.2) is 23.5 Å². The first kappa shape index (κ1) is 22.7. The van der Waals surface area contributed by atoms with Gasteiger partial charge in [0.2, 0.25) is 0 Å². The lowest BCUT2D eigenvalue weighted by atomic mass is 10.0. The van der Waals surface area contributed by atoms with Crippen molar-refractivity contribution in [2.45, 2.75) is 46.0 Å². The molecule has 1 aliphatic rings. The van der Waals surface area contributed by atoms with Gasteiger partial charge in [0, 0.05) is 15.1 Å². The number of carbonyl (C=O) groups excluding carboxylic acids is 2. The maximum absolute atomic E-state index is 13.6. The summed E-state index contributed by atoms with van der Waals surface area (Å²) >= 11 is 3.17. The van der Waals surface area contributed by atoms with Crippen LogP contribution in [0.25, 0.3) is 21.5 Å². The lowest BCUT2D eigenvalue weighted by Gasteiger charge is -2.11. The van der Waals surface area contributed by atoms with E-state index in [1.807, 2.05) is 36.4 Å². The summed E-state index contributed by atoms with van der Waals surface area (Å²) in [4.78, 5) is 34.8. The molecule has 5 rings (SSSR count). The zero-order valence-corrected chi connectivity index (χ0v) is 20.9. The van der Waals surface area contributed by atoms with Crippen molar-refractivity contribution in [2.75, 3.05) is 11.9 Å². The third-order valence-electron chi connectivity index (χ3n) is 6.08. The lowest BCUT2D eigenvalue weighted by molar-refractivity contribution is 0.0527. The number of aromatic nitrogens is 1. The molecule has 34 heavy (non-hydrogen) atoms. The van der Waals surface area contributed by atoms with Crippen molar-refractivity contribution in [3.05, 3.63) is 68.9 Å². The smallest absolute Gasteiger partial charge is 0.341 e. The molecule has 5 nitrogen and oxygen atoms in total. The van der Waals surface area contributed by atoms with Crippen LogP contribution in [0.4, 0.5) is 5.00 Å². The van der Waals surface area contributed by atoms with E-state index in [0.29, 0.717) is 22.7 Å². The van der Waals surface area contributed by atoms with Crippen molar-refractivity contribution in [1.29, 1.82) is 0 Å². The normalized spacial score (nSPS) is 13.4. The highest BCUT2D eigenvalue weighted by Crippen LogP contribution is 2.39. The Morgan fingerprint density at radius 3 is 2.68 bits per heavy atom. The number of nitrogens with zero attached hydrogens (tertiary/aromatic N) is 1. The van der Waals surface area contributed by atoms with Crippen molar-refractivity contribution < 1.29 is 14.3 Å². The minimum atomic E-state index is -0.355. The van der Waals surface area contributed by atoms with E-state index in [-0.39, 0.29) is 11.9 Å². The number of anilines is 1. The number of pyridine rings is 1. The van der Waals surface area contributed by atoms with Crippen LogP contribution in [0, 0.1) is 6.92 Å². The summed E-state index contributed by atoms with van der Waals surface area (Å²) in [5.74, 6) is -0.596. The van der Waals surface area contributed by atoms with Gasteiger partial charge in [0.05, 0.1) is 33.8 Å². The van der Waals surface area contributed by atoms with Crippen molar-refractivity contribution in [3.8, 4) is 10.6 Å². The van der Waals surface area contributed by atoms with Crippen LogP contribution in [0.5, 0.6) is 0 Å². The average Bonchev–Trinajstić information content (AvgIpc) is 3.34. The Morgan fingerprint density at radius 2 is 1.88 bits per heavy atom. The number of esters is 1. The molecule has 7 heteroatoms. The third-order valence-corrected chi connectivity index (χ3v) is 8.31. The number of hydrogen-bond donors (Lipinski definition) is 1. The molecule has 0 fully saturated rings. The van der Waals surface area contributed by atoms with Crippen LogP contribution in [0.3, 0.4) is 0 Å². The van der Waals surface area contributed by atoms with Gasteiger partial charge in [-0.1, -0.05) is 24.6 Å². The second-order valence-corrected chi connectivity index (χ2v) is 10.8. The van der Waals surface area contributed by atoms with Gasteiger partial charge < -0.3 is 10.1 Å². The summed E-state index contributed by atoms with van der Waals surface area (Å²) in [6.45, 7) is 4.16. The van der Waals surface area contributed by atoms with E-state index in [0.717, 1.165) is 59.1 Å². The van der Waals surface area contributed by atoms with Crippen molar-refractivity contribution in [3.63, 3.8) is 0 Å². The summed E-state index contributed by atoms with van der Waals surface area (Å²) in [5, 5.41) is 4.45. The van der Waals surface area contributed by atoms with Gasteiger partial charge in [-0.05, 0) is 69.4 Å². The molecular formula is C27H26N2O3S2. The fraction of sp³-hybridized carbons (Fsp3) is 0.296. The number of hydrogen-bond acceptors (Lipinski definition) is 6. The van der Waals surface area contributed by atoms with Gasteiger partial charge in [-0.3, -0.25) is 4.79 Å². The average molecular weight is 491 g/mol. The van der Waals surface area contributed by atoms with Gasteiger partial charge in [-0.2, -0.15) is 0 Å². The monoisotopic (exact) mass is 490 g/mol. The van der Waals surface area contributed by atoms with E-state index in [1.165, 1.54) is 21.1 Å². The Bertz CT molecular complexity index is 1390. The summed E-state index contributed by atoms with van der Waals surface area (Å²) in [5.41, 5.74) is 3.67. The molecule has 1 aliphatic carbocycles. The molecule has 3 aromatic heterocycles. The molecule has 3 heterocycles. The van der Waals surface area contributed by atoms with E-state index < -0.39 is 0 Å².